The quantitative estimate of drug-likeness (QED) is 0.901. The van der Waals surface area contributed by atoms with Gasteiger partial charge in [0, 0.05) is 39.5 Å². The smallest absolute Gasteiger partial charge is 0.227 e. The molecule has 118 valence electrons. The maximum Gasteiger partial charge on any atom is 0.227 e. The molecule has 0 saturated carbocycles. The van der Waals surface area contributed by atoms with Crippen LogP contribution in [0.15, 0.2) is 4.52 Å². The minimum absolute atomic E-state index is 0.601. The van der Waals surface area contributed by atoms with Gasteiger partial charge in [-0.3, -0.25) is 0 Å². The topological polar surface area (TPSA) is 80.0 Å². The Morgan fingerprint density at radius 1 is 1.14 bits per heavy atom. The lowest BCUT2D eigenvalue weighted by Gasteiger charge is -2.21. The monoisotopic (exact) mass is 302 g/mol. The van der Waals surface area contributed by atoms with Gasteiger partial charge in [-0.05, 0) is 25.7 Å². The summed E-state index contributed by atoms with van der Waals surface area (Å²) in [6, 6.07) is 0. The van der Waals surface area contributed by atoms with E-state index in [0.717, 1.165) is 37.0 Å². The number of aryl methyl sites for hydroxylation is 2. The number of hydrogen-bond donors (Lipinski definition) is 1. The third kappa shape index (κ3) is 3.18. The zero-order valence-corrected chi connectivity index (χ0v) is 13.4. The molecule has 1 N–H and O–H groups in total. The van der Waals surface area contributed by atoms with Gasteiger partial charge in [0.25, 0.3) is 0 Å². The maximum absolute atomic E-state index is 4.99. The number of nitrogens with zero attached hydrogens (tertiary/aromatic N) is 5. The van der Waals surface area contributed by atoms with E-state index in [1.54, 1.807) is 6.92 Å². The summed E-state index contributed by atoms with van der Waals surface area (Å²) in [6.07, 6.45) is 5.21. The zero-order chi connectivity index (χ0) is 15.5. The number of aromatic nitrogens is 4. The molecule has 0 unspecified atom stereocenters. The Morgan fingerprint density at radius 2 is 1.95 bits per heavy atom. The van der Waals surface area contributed by atoms with Crippen molar-refractivity contribution in [2.75, 3.05) is 30.9 Å². The average Bonchev–Trinajstić information content (AvgIpc) is 2.92. The summed E-state index contributed by atoms with van der Waals surface area (Å²) in [5, 5.41) is 7.34. The molecule has 22 heavy (non-hydrogen) atoms. The van der Waals surface area contributed by atoms with E-state index in [4.69, 9.17) is 4.52 Å². The van der Waals surface area contributed by atoms with Crippen LogP contribution in [-0.4, -0.2) is 40.7 Å². The highest BCUT2D eigenvalue weighted by Gasteiger charge is 2.18. The van der Waals surface area contributed by atoms with Crippen LogP contribution in [0.3, 0.4) is 0 Å². The fourth-order valence-corrected chi connectivity index (χ4v) is 2.66. The van der Waals surface area contributed by atoms with Gasteiger partial charge < -0.3 is 14.7 Å². The highest BCUT2D eigenvalue weighted by molar-refractivity contribution is 5.52. The second-order valence-corrected chi connectivity index (χ2v) is 5.81. The summed E-state index contributed by atoms with van der Waals surface area (Å²) in [7, 11) is 3.94. The van der Waals surface area contributed by atoms with E-state index in [1.165, 1.54) is 24.1 Å². The van der Waals surface area contributed by atoms with Gasteiger partial charge in [0.05, 0.1) is 5.69 Å². The molecule has 2 aromatic rings. The Bertz CT molecular complexity index is 651. The number of nitrogens with one attached hydrogen (secondary N) is 1. The van der Waals surface area contributed by atoms with Crippen LogP contribution in [0.2, 0.25) is 0 Å². The third-order valence-electron chi connectivity index (χ3n) is 3.78. The fraction of sp³-hybridized carbons (Fsp3) is 0.600. The Balaban J connectivity index is 1.75. The molecule has 7 nitrogen and oxygen atoms in total. The molecule has 1 aliphatic carbocycles. The molecular formula is C15H22N6O. The lowest BCUT2D eigenvalue weighted by atomic mass is 9.96. The molecule has 7 heteroatoms. The van der Waals surface area contributed by atoms with Gasteiger partial charge in [0.1, 0.15) is 5.82 Å². The standard InChI is InChI=1S/C15H22N6O/c1-10-17-13(20-22-10)8-9-16-14-11-6-4-5-7-12(11)18-15(19-14)21(2)3/h4-9H2,1-3H3,(H,16,18,19). The second-order valence-electron chi connectivity index (χ2n) is 5.81. The van der Waals surface area contributed by atoms with Crippen molar-refractivity contribution in [1.82, 2.24) is 20.1 Å². The molecule has 3 rings (SSSR count). The molecule has 0 atom stereocenters. The predicted molar refractivity (Wildman–Crippen MR) is 84.2 cm³/mol. The highest BCUT2D eigenvalue weighted by atomic mass is 16.5. The lowest BCUT2D eigenvalue weighted by molar-refractivity contribution is 0.387. The highest BCUT2D eigenvalue weighted by Crippen LogP contribution is 2.27. The largest absolute Gasteiger partial charge is 0.369 e. The van der Waals surface area contributed by atoms with Gasteiger partial charge in [0.2, 0.25) is 11.8 Å². The normalized spacial score (nSPS) is 13.8. The number of rotatable bonds is 5. The van der Waals surface area contributed by atoms with Gasteiger partial charge in [-0.15, -0.1) is 0 Å². The van der Waals surface area contributed by atoms with Gasteiger partial charge in [0.15, 0.2) is 5.82 Å². The molecule has 0 fully saturated rings. The van der Waals surface area contributed by atoms with Crippen LogP contribution in [0, 0.1) is 6.92 Å². The summed E-state index contributed by atoms with van der Waals surface area (Å²) in [6.45, 7) is 2.53. The molecule has 0 spiro atoms. The minimum Gasteiger partial charge on any atom is -0.369 e. The van der Waals surface area contributed by atoms with E-state index in [1.807, 2.05) is 19.0 Å². The third-order valence-corrected chi connectivity index (χ3v) is 3.78. The summed E-state index contributed by atoms with van der Waals surface area (Å²) in [5.74, 6) is 3.04. The van der Waals surface area contributed by atoms with Crippen LogP contribution in [0.25, 0.3) is 0 Å². The molecular weight excluding hydrogens is 280 g/mol. The van der Waals surface area contributed by atoms with E-state index in [9.17, 15) is 0 Å². The van der Waals surface area contributed by atoms with Gasteiger partial charge >= 0.3 is 0 Å². The van der Waals surface area contributed by atoms with Crippen molar-refractivity contribution in [1.29, 1.82) is 0 Å². The van der Waals surface area contributed by atoms with E-state index in [2.05, 4.69) is 25.4 Å². The first kappa shape index (κ1) is 14.7. The number of hydrogen-bond acceptors (Lipinski definition) is 7. The zero-order valence-electron chi connectivity index (χ0n) is 13.4. The lowest BCUT2D eigenvalue weighted by Crippen LogP contribution is -2.20. The van der Waals surface area contributed by atoms with Gasteiger partial charge in [-0.1, -0.05) is 5.16 Å². The molecule has 0 aliphatic heterocycles. The van der Waals surface area contributed by atoms with Gasteiger partial charge in [-0.2, -0.15) is 9.97 Å². The van der Waals surface area contributed by atoms with Crippen molar-refractivity contribution in [3.8, 4) is 0 Å². The van der Waals surface area contributed by atoms with Crippen LogP contribution >= 0.6 is 0 Å². The van der Waals surface area contributed by atoms with Crippen molar-refractivity contribution in [3.63, 3.8) is 0 Å². The fourth-order valence-electron chi connectivity index (χ4n) is 2.66. The molecule has 0 saturated heterocycles. The summed E-state index contributed by atoms with van der Waals surface area (Å²) in [5.41, 5.74) is 2.45. The summed E-state index contributed by atoms with van der Waals surface area (Å²) >= 11 is 0. The first-order chi connectivity index (χ1) is 10.6. The molecule has 2 aromatic heterocycles. The average molecular weight is 302 g/mol. The van der Waals surface area contributed by atoms with E-state index in [0.29, 0.717) is 12.3 Å². The van der Waals surface area contributed by atoms with E-state index >= 15 is 0 Å². The Morgan fingerprint density at radius 3 is 2.68 bits per heavy atom. The maximum atomic E-state index is 4.99. The van der Waals surface area contributed by atoms with E-state index < -0.39 is 0 Å². The molecule has 1 aliphatic rings. The van der Waals surface area contributed by atoms with Gasteiger partial charge in [-0.25, -0.2) is 4.98 Å². The van der Waals surface area contributed by atoms with Crippen molar-refractivity contribution in [3.05, 3.63) is 23.0 Å². The van der Waals surface area contributed by atoms with Crippen molar-refractivity contribution >= 4 is 11.8 Å². The molecule has 0 bridgehead atoms. The van der Waals surface area contributed by atoms with Crippen molar-refractivity contribution < 1.29 is 4.52 Å². The van der Waals surface area contributed by atoms with Crippen LogP contribution in [-0.2, 0) is 19.3 Å². The predicted octanol–water partition coefficient (Wildman–Crippen LogP) is 1.77. The second kappa shape index (κ2) is 6.29. The Kier molecular flexibility index (Phi) is 4.22. The molecule has 0 amide bonds. The summed E-state index contributed by atoms with van der Waals surface area (Å²) in [4.78, 5) is 15.5. The molecule has 0 radical (unpaired) electrons. The Hall–Kier alpha value is -2.18. The first-order valence-electron chi connectivity index (χ1n) is 7.73. The van der Waals surface area contributed by atoms with E-state index in [-0.39, 0.29) is 0 Å². The summed E-state index contributed by atoms with van der Waals surface area (Å²) < 4.78 is 4.99. The van der Waals surface area contributed by atoms with Crippen LogP contribution in [0.5, 0.6) is 0 Å². The van der Waals surface area contributed by atoms with Crippen molar-refractivity contribution in [2.45, 2.75) is 39.0 Å². The van der Waals surface area contributed by atoms with Crippen LogP contribution in [0.4, 0.5) is 11.8 Å². The molecule has 2 heterocycles. The molecule has 0 aromatic carbocycles. The first-order valence-corrected chi connectivity index (χ1v) is 7.73. The minimum atomic E-state index is 0.601. The van der Waals surface area contributed by atoms with Crippen LogP contribution < -0.4 is 10.2 Å². The number of fused-ring (bicyclic) bond motifs is 1. The number of anilines is 2. The Labute approximate surface area is 130 Å². The van der Waals surface area contributed by atoms with Crippen molar-refractivity contribution in [2.24, 2.45) is 0 Å². The SMILES string of the molecule is Cc1nc(CCNc2nc(N(C)C)nc3c2CCCC3)no1. The van der Waals surface area contributed by atoms with Crippen LogP contribution in [0.1, 0.15) is 35.8 Å².